The van der Waals surface area contributed by atoms with Gasteiger partial charge in [-0.3, -0.25) is 23.4 Å². The Kier molecular flexibility index (Phi) is 40.0. The lowest BCUT2D eigenvalue weighted by Crippen LogP contribution is -2.34. The number of hydrogen-bond donors (Lipinski definition) is 4. The quantitative estimate of drug-likeness (QED) is 0.0149. The van der Waals surface area contributed by atoms with Gasteiger partial charge in [0.05, 0.1) is 19.3 Å². The summed E-state index contributed by atoms with van der Waals surface area (Å²) in [5.74, 6) is -2.51. The van der Waals surface area contributed by atoms with Gasteiger partial charge in [-0.15, -0.1) is 0 Å². The number of phosphoric ester groups is 1. The van der Waals surface area contributed by atoms with Crippen LogP contribution in [0.4, 0.5) is 0 Å². The Bertz CT molecular complexity index is 1330. The summed E-state index contributed by atoms with van der Waals surface area (Å²) < 4.78 is 32.7. The van der Waals surface area contributed by atoms with Crippen LogP contribution in [0.25, 0.3) is 0 Å². The van der Waals surface area contributed by atoms with Crippen molar-refractivity contribution in [2.75, 3.05) is 19.8 Å². The lowest BCUT2D eigenvalue weighted by molar-refractivity contribution is -0.161. The predicted molar refractivity (Wildman–Crippen MR) is 246 cm³/mol. The van der Waals surface area contributed by atoms with E-state index in [-0.39, 0.29) is 12.8 Å². The highest BCUT2D eigenvalue weighted by Crippen LogP contribution is 2.43. The van der Waals surface area contributed by atoms with Gasteiger partial charge in [-0.05, 0) is 77.0 Å². The summed E-state index contributed by atoms with van der Waals surface area (Å²) in [4.78, 5) is 46.0. The lowest BCUT2D eigenvalue weighted by Gasteiger charge is -2.20. The third-order valence-electron chi connectivity index (χ3n) is 9.51. The van der Waals surface area contributed by atoms with E-state index in [1.165, 1.54) is 70.6 Å². The molecular weight excluding hydrogens is 797 g/mol. The van der Waals surface area contributed by atoms with Crippen molar-refractivity contribution in [2.24, 2.45) is 5.73 Å². The van der Waals surface area contributed by atoms with E-state index in [2.05, 4.69) is 48.8 Å². The molecule has 350 valence electrons. The molecule has 0 fully saturated rings. The maximum absolute atomic E-state index is 12.7. The van der Waals surface area contributed by atoms with Gasteiger partial charge >= 0.3 is 25.7 Å². The monoisotopic (exact) mass is 880 g/mol. The highest BCUT2D eigenvalue weighted by molar-refractivity contribution is 7.47. The minimum absolute atomic E-state index is 0.108. The minimum atomic E-state index is -4.75. The largest absolute Gasteiger partial charge is 0.480 e. The molecule has 0 aromatic heterocycles. The van der Waals surface area contributed by atoms with E-state index >= 15 is 0 Å². The zero-order chi connectivity index (χ0) is 45.1. The smallest absolute Gasteiger partial charge is 0.472 e. The van der Waals surface area contributed by atoms with Crippen LogP contribution in [0.1, 0.15) is 174 Å². The number of rotatable bonds is 42. The van der Waals surface area contributed by atoms with Crippen molar-refractivity contribution >= 4 is 25.7 Å². The predicted octanol–water partition coefficient (Wildman–Crippen LogP) is 11.5. The van der Waals surface area contributed by atoms with Crippen LogP contribution < -0.4 is 5.73 Å². The number of unbranched alkanes of at least 4 members (excludes halogenated alkanes) is 16. The molecule has 0 radical (unpaired) electrons. The van der Waals surface area contributed by atoms with Crippen molar-refractivity contribution in [3.8, 4) is 0 Å². The Morgan fingerprint density at radius 2 is 1.08 bits per heavy atom. The summed E-state index contributed by atoms with van der Waals surface area (Å²) in [5, 5.41) is 19.0. The number of allylic oxidation sites excluding steroid dienone is 10. The number of hydrogen-bond acceptors (Lipinski definition) is 10. The van der Waals surface area contributed by atoms with Crippen LogP contribution in [0.3, 0.4) is 0 Å². The summed E-state index contributed by atoms with van der Waals surface area (Å²) in [6.07, 6.45) is 47.0. The molecule has 0 aromatic carbocycles. The first-order valence-corrected chi connectivity index (χ1v) is 24.6. The normalized spacial score (nSPS) is 14.8. The van der Waals surface area contributed by atoms with Crippen molar-refractivity contribution in [2.45, 2.75) is 193 Å². The van der Waals surface area contributed by atoms with Crippen LogP contribution in [0.15, 0.2) is 72.9 Å². The van der Waals surface area contributed by atoms with E-state index in [0.29, 0.717) is 32.1 Å². The molecule has 1 unspecified atom stereocenters. The number of carbonyl (C=O) groups excluding carboxylic acids is 2. The standard InChI is InChI=1S/C48H82NO11P/c1-3-5-7-9-11-12-13-14-15-16-17-18-19-20-21-22-26-31-35-39-47(52)60-44(41-58-61(55,56)59-42-45(49)48(53)54)40-57-46(51)38-34-30-27-23-25-29-33-37-43(50)36-32-28-24-10-8-6-4-2/h11-12,14-15,23-24,27-29,32-33,36,43-45,50H,3-10,13,16-22,25-26,30-31,34-35,37-42,49H2,1-2H3,(H,53,54)(H,55,56)/b12-11-,15-14-,27-23+,28-24-,33-29-,36-32-/t43-,44-,45+/m1/s1. The highest BCUT2D eigenvalue weighted by atomic mass is 31.2. The van der Waals surface area contributed by atoms with Crippen LogP contribution in [0.5, 0.6) is 0 Å². The van der Waals surface area contributed by atoms with E-state index in [9.17, 15) is 28.9 Å². The second-order valence-corrected chi connectivity index (χ2v) is 16.8. The van der Waals surface area contributed by atoms with Crippen LogP contribution in [0.2, 0.25) is 0 Å². The topological polar surface area (TPSA) is 192 Å². The van der Waals surface area contributed by atoms with E-state index in [4.69, 9.17) is 24.8 Å². The lowest BCUT2D eigenvalue weighted by atomic mass is 10.1. The molecule has 0 amide bonds. The van der Waals surface area contributed by atoms with Crippen molar-refractivity contribution in [3.63, 3.8) is 0 Å². The summed E-state index contributed by atoms with van der Waals surface area (Å²) in [7, 11) is -4.75. The van der Waals surface area contributed by atoms with E-state index in [1.807, 2.05) is 36.5 Å². The first-order valence-electron chi connectivity index (χ1n) is 23.1. The Labute approximate surface area is 368 Å². The zero-order valence-corrected chi connectivity index (χ0v) is 38.5. The number of aliphatic hydroxyl groups excluding tert-OH is 1. The third-order valence-corrected chi connectivity index (χ3v) is 10.5. The average Bonchev–Trinajstić information content (AvgIpc) is 3.23. The Morgan fingerprint density at radius 3 is 1.67 bits per heavy atom. The van der Waals surface area contributed by atoms with E-state index in [0.717, 1.165) is 44.9 Å². The number of carboxylic acids is 1. The van der Waals surface area contributed by atoms with Crippen LogP contribution in [0, 0.1) is 0 Å². The second kappa shape index (κ2) is 42.2. The molecule has 13 heteroatoms. The second-order valence-electron chi connectivity index (χ2n) is 15.4. The van der Waals surface area contributed by atoms with Gasteiger partial charge in [-0.2, -0.15) is 0 Å². The van der Waals surface area contributed by atoms with Gasteiger partial charge in [-0.1, -0.05) is 157 Å². The molecule has 12 nitrogen and oxygen atoms in total. The maximum atomic E-state index is 12.7. The van der Waals surface area contributed by atoms with Crippen molar-refractivity contribution in [3.05, 3.63) is 72.9 Å². The molecule has 0 bridgehead atoms. The number of ether oxygens (including phenoxy) is 2. The summed E-state index contributed by atoms with van der Waals surface area (Å²) in [6.45, 7) is 2.60. The molecule has 0 saturated heterocycles. The van der Waals surface area contributed by atoms with E-state index < -0.39 is 63.8 Å². The highest BCUT2D eigenvalue weighted by Gasteiger charge is 2.28. The van der Waals surface area contributed by atoms with Gasteiger partial charge in [0.2, 0.25) is 0 Å². The fourth-order valence-electron chi connectivity index (χ4n) is 5.81. The number of carboxylic acid groups (broad SMARTS) is 1. The number of esters is 2. The Hall–Kier alpha value is -3.12. The van der Waals surface area contributed by atoms with Crippen molar-refractivity contribution in [1.29, 1.82) is 0 Å². The van der Waals surface area contributed by atoms with Crippen molar-refractivity contribution < 1.29 is 52.6 Å². The molecule has 61 heavy (non-hydrogen) atoms. The molecule has 0 heterocycles. The van der Waals surface area contributed by atoms with E-state index in [1.54, 1.807) is 6.08 Å². The van der Waals surface area contributed by atoms with Gasteiger partial charge in [0.15, 0.2) is 6.10 Å². The Balaban J connectivity index is 4.48. The van der Waals surface area contributed by atoms with Gasteiger partial charge < -0.3 is 30.3 Å². The van der Waals surface area contributed by atoms with Gasteiger partial charge in [0, 0.05) is 12.8 Å². The number of aliphatic hydroxyl groups is 1. The van der Waals surface area contributed by atoms with Gasteiger partial charge in [0.25, 0.3) is 0 Å². The SMILES string of the molecule is CCCCC/C=C\C=C/[C@@H](O)C/C=C\C/C=C/CCCC(=O)OC[C@H](COP(=O)(O)OC[C@H](N)C(=O)O)OC(=O)CCCCCCCCCCC/C=C\C/C=C\CCCCC. The summed E-state index contributed by atoms with van der Waals surface area (Å²) in [6, 6.07) is -1.54. The molecule has 0 spiro atoms. The number of aliphatic carboxylic acids is 1. The van der Waals surface area contributed by atoms with Gasteiger partial charge in [-0.25, -0.2) is 4.57 Å². The minimum Gasteiger partial charge on any atom is -0.480 e. The fraction of sp³-hybridized carbons (Fsp3) is 0.688. The van der Waals surface area contributed by atoms with Crippen LogP contribution in [-0.4, -0.2) is 71.1 Å². The summed E-state index contributed by atoms with van der Waals surface area (Å²) >= 11 is 0. The third kappa shape index (κ3) is 42.0. The van der Waals surface area contributed by atoms with Gasteiger partial charge in [0.1, 0.15) is 12.6 Å². The molecular formula is C48H82NO11P. The molecule has 0 saturated carbocycles. The molecule has 4 atom stereocenters. The first kappa shape index (κ1) is 57.9. The maximum Gasteiger partial charge on any atom is 0.472 e. The molecule has 0 aromatic rings. The molecule has 0 aliphatic heterocycles. The number of phosphoric acid groups is 1. The average molecular weight is 880 g/mol. The van der Waals surface area contributed by atoms with Crippen LogP contribution >= 0.6 is 7.82 Å². The van der Waals surface area contributed by atoms with Crippen molar-refractivity contribution in [1.82, 2.24) is 0 Å². The van der Waals surface area contributed by atoms with Crippen LogP contribution in [-0.2, 0) is 37.5 Å². The first-order chi connectivity index (χ1) is 29.5. The Morgan fingerprint density at radius 1 is 0.590 bits per heavy atom. The summed E-state index contributed by atoms with van der Waals surface area (Å²) in [5.41, 5.74) is 5.33. The molecule has 0 rings (SSSR count). The molecule has 0 aliphatic carbocycles. The molecule has 5 N–H and O–H groups in total. The zero-order valence-electron chi connectivity index (χ0n) is 37.6. The fourth-order valence-corrected chi connectivity index (χ4v) is 6.59. The molecule has 0 aliphatic rings. The number of nitrogens with two attached hydrogens (primary N) is 1. The number of carbonyl (C=O) groups is 3.